The number of amides is 1. The fraction of sp³-hybridized carbons (Fsp3) is 0.261. The number of aromatic nitrogens is 3. The van der Waals surface area contributed by atoms with Gasteiger partial charge in [-0.05, 0) is 48.7 Å². The normalized spacial score (nSPS) is 14.3. The zero-order chi connectivity index (χ0) is 21.1. The lowest BCUT2D eigenvalue weighted by Gasteiger charge is -2.30. The first kappa shape index (κ1) is 20.3. The molecule has 7 heteroatoms. The number of benzene rings is 2. The molecule has 2 heterocycles. The van der Waals surface area contributed by atoms with Crippen molar-refractivity contribution in [3.63, 3.8) is 0 Å². The number of fused-ring (bicyclic) bond motifs is 1. The molecule has 1 aliphatic heterocycles. The summed E-state index contributed by atoms with van der Waals surface area (Å²) in [5.41, 5.74) is 3.29. The molecule has 0 saturated heterocycles. The number of thioether (sulfide) groups is 1. The second-order valence-corrected chi connectivity index (χ2v) is 8.56. The number of hydrogen-bond donors (Lipinski definition) is 0. The Bertz CT molecular complexity index is 1060. The molecule has 0 spiro atoms. The summed E-state index contributed by atoms with van der Waals surface area (Å²) in [5, 5.41) is 8.93. The van der Waals surface area contributed by atoms with Gasteiger partial charge in [0.1, 0.15) is 5.82 Å². The molecule has 0 saturated carbocycles. The van der Waals surface area contributed by atoms with Crippen LogP contribution in [0.3, 0.4) is 0 Å². The van der Waals surface area contributed by atoms with E-state index in [2.05, 4.69) is 28.9 Å². The first-order valence-corrected chi connectivity index (χ1v) is 10.8. The third-order valence-corrected chi connectivity index (χ3v) is 6.27. The van der Waals surface area contributed by atoms with E-state index in [0.717, 1.165) is 18.5 Å². The Morgan fingerprint density at radius 2 is 1.93 bits per heavy atom. The molecule has 1 aliphatic rings. The fourth-order valence-corrected chi connectivity index (χ4v) is 4.57. The van der Waals surface area contributed by atoms with Gasteiger partial charge in [-0.2, -0.15) is 0 Å². The molecule has 3 aromatic rings. The number of carbonyl (C=O) groups is 1. The molecule has 1 aromatic heterocycles. The van der Waals surface area contributed by atoms with E-state index in [1.54, 1.807) is 18.2 Å². The topological polar surface area (TPSA) is 51.0 Å². The molecule has 1 amide bonds. The highest BCUT2D eigenvalue weighted by molar-refractivity contribution is 8.00. The molecule has 0 fully saturated rings. The number of rotatable bonds is 6. The number of carbonyl (C=O) groups excluding carboxylic acids is 1. The van der Waals surface area contributed by atoms with E-state index in [0.29, 0.717) is 24.1 Å². The Hall–Kier alpha value is -2.93. The molecular formula is C23H23FN4OS. The van der Waals surface area contributed by atoms with Gasteiger partial charge >= 0.3 is 0 Å². The van der Waals surface area contributed by atoms with Gasteiger partial charge in [-0.15, -0.1) is 16.8 Å². The number of allylic oxidation sites excluding steroid dienone is 1. The summed E-state index contributed by atoms with van der Waals surface area (Å²) in [6.07, 6.45) is 2.63. The van der Waals surface area contributed by atoms with Crippen LogP contribution in [-0.2, 0) is 24.3 Å². The molecule has 4 rings (SSSR count). The molecule has 30 heavy (non-hydrogen) atoms. The Labute approximate surface area is 179 Å². The predicted octanol–water partition coefficient (Wildman–Crippen LogP) is 4.34. The van der Waals surface area contributed by atoms with E-state index in [-0.39, 0.29) is 17.0 Å². The van der Waals surface area contributed by atoms with Gasteiger partial charge in [0.25, 0.3) is 0 Å². The molecule has 5 nitrogen and oxygen atoms in total. The van der Waals surface area contributed by atoms with Crippen molar-refractivity contribution < 1.29 is 9.18 Å². The highest BCUT2D eigenvalue weighted by Crippen LogP contribution is 2.29. The van der Waals surface area contributed by atoms with Crippen molar-refractivity contribution in [1.29, 1.82) is 0 Å². The summed E-state index contributed by atoms with van der Waals surface area (Å²) in [5.74, 6) is 0.417. The second kappa shape index (κ2) is 8.83. The Balaban J connectivity index is 1.51. The first-order valence-electron chi connectivity index (χ1n) is 9.89. The van der Waals surface area contributed by atoms with Crippen molar-refractivity contribution in [2.24, 2.45) is 0 Å². The van der Waals surface area contributed by atoms with Gasteiger partial charge in [0, 0.05) is 25.2 Å². The van der Waals surface area contributed by atoms with Crippen LogP contribution < -0.4 is 0 Å². The van der Waals surface area contributed by atoms with Gasteiger partial charge < -0.3 is 4.90 Å². The van der Waals surface area contributed by atoms with E-state index in [9.17, 15) is 9.18 Å². The highest BCUT2D eigenvalue weighted by Gasteiger charge is 2.27. The first-order chi connectivity index (χ1) is 14.6. The SMILES string of the molecule is C=CCn1c(S[C@@H](C)C(=O)N2CCc3ccccc3C2)nnc1-c1ccc(F)cc1. The molecular weight excluding hydrogens is 399 g/mol. The summed E-state index contributed by atoms with van der Waals surface area (Å²) in [4.78, 5) is 15.0. The maximum absolute atomic E-state index is 13.3. The lowest BCUT2D eigenvalue weighted by Crippen LogP contribution is -2.40. The standard InChI is InChI=1S/C23H23FN4OS/c1-3-13-28-21(18-8-10-20(24)11-9-18)25-26-23(28)30-16(2)22(29)27-14-12-17-6-4-5-7-19(17)15-27/h3-11,16H,1,12-15H2,2H3/t16-/m0/s1. The van der Waals surface area contributed by atoms with Gasteiger partial charge in [-0.3, -0.25) is 9.36 Å². The number of halogens is 1. The summed E-state index contributed by atoms with van der Waals surface area (Å²) < 4.78 is 15.2. The average Bonchev–Trinajstić information content (AvgIpc) is 3.15. The fourth-order valence-electron chi connectivity index (χ4n) is 3.63. The smallest absolute Gasteiger partial charge is 0.236 e. The van der Waals surface area contributed by atoms with Crippen LogP contribution in [0.5, 0.6) is 0 Å². The van der Waals surface area contributed by atoms with Crippen LogP contribution in [0, 0.1) is 5.82 Å². The van der Waals surface area contributed by atoms with Crippen molar-refractivity contribution in [2.75, 3.05) is 6.54 Å². The summed E-state index contributed by atoms with van der Waals surface area (Å²) in [6, 6.07) is 14.4. The van der Waals surface area contributed by atoms with Crippen LogP contribution in [0.1, 0.15) is 18.1 Å². The molecule has 154 valence electrons. The molecule has 2 aromatic carbocycles. The van der Waals surface area contributed by atoms with Crippen molar-refractivity contribution in [3.05, 3.63) is 78.1 Å². The monoisotopic (exact) mass is 422 g/mol. The Morgan fingerprint density at radius 1 is 1.20 bits per heavy atom. The predicted molar refractivity (Wildman–Crippen MR) is 116 cm³/mol. The molecule has 0 radical (unpaired) electrons. The molecule has 0 aliphatic carbocycles. The molecule has 0 unspecified atom stereocenters. The quantitative estimate of drug-likeness (QED) is 0.438. The number of nitrogens with zero attached hydrogens (tertiary/aromatic N) is 4. The second-order valence-electron chi connectivity index (χ2n) is 7.25. The van der Waals surface area contributed by atoms with Crippen LogP contribution >= 0.6 is 11.8 Å². The third-order valence-electron chi connectivity index (χ3n) is 5.20. The Morgan fingerprint density at radius 3 is 2.67 bits per heavy atom. The Kier molecular flexibility index (Phi) is 5.99. The minimum Gasteiger partial charge on any atom is -0.337 e. The summed E-state index contributed by atoms with van der Waals surface area (Å²) in [7, 11) is 0. The summed E-state index contributed by atoms with van der Waals surface area (Å²) >= 11 is 1.39. The van der Waals surface area contributed by atoms with Gasteiger partial charge in [0.15, 0.2) is 11.0 Å². The third kappa shape index (κ3) is 4.16. The van der Waals surface area contributed by atoms with E-state index in [4.69, 9.17) is 0 Å². The minimum atomic E-state index is -0.302. The number of hydrogen-bond acceptors (Lipinski definition) is 4. The zero-order valence-corrected chi connectivity index (χ0v) is 17.6. The lowest BCUT2D eigenvalue weighted by atomic mass is 10.00. The maximum Gasteiger partial charge on any atom is 0.236 e. The van der Waals surface area contributed by atoms with Crippen molar-refractivity contribution in [2.45, 2.75) is 36.8 Å². The van der Waals surface area contributed by atoms with E-state index in [1.165, 1.54) is 35.0 Å². The minimum absolute atomic E-state index is 0.0889. The van der Waals surface area contributed by atoms with Gasteiger partial charge in [-0.25, -0.2) is 4.39 Å². The molecule has 0 bridgehead atoms. The van der Waals surface area contributed by atoms with Crippen molar-refractivity contribution in [3.8, 4) is 11.4 Å². The lowest BCUT2D eigenvalue weighted by molar-refractivity contribution is -0.131. The maximum atomic E-state index is 13.3. The van der Waals surface area contributed by atoms with Crippen LogP contribution in [0.15, 0.2) is 66.3 Å². The van der Waals surface area contributed by atoms with Gasteiger partial charge in [0.05, 0.1) is 5.25 Å². The van der Waals surface area contributed by atoms with E-state index < -0.39 is 0 Å². The summed E-state index contributed by atoms with van der Waals surface area (Å²) in [6.45, 7) is 7.58. The van der Waals surface area contributed by atoms with Gasteiger partial charge in [0.2, 0.25) is 5.91 Å². The van der Waals surface area contributed by atoms with Crippen molar-refractivity contribution in [1.82, 2.24) is 19.7 Å². The largest absolute Gasteiger partial charge is 0.337 e. The van der Waals surface area contributed by atoms with Crippen LogP contribution in [0.2, 0.25) is 0 Å². The zero-order valence-electron chi connectivity index (χ0n) is 16.8. The van der Waals surface area contributed by atoms with E-state index in [1.807, 2.05) is 28.5 Å². The van der Waals surface area contributed by atoms with Crippen LogP contribution in [0.4, 0.5) is 4.39 Å². The molecule has 0 N–H and O–H groups in total. The molecule has 1 atom stereocenters. The van der Waals surface area contributed by atoms with Crippen LogP contribution in [-0.4, -0.2) is 37.4 Å². The highest BCUT2D eigenvalue weighted by atomic mass is 32.2. The average molecular weight is 423 g/mol. The van der Waals surface area contributed by atoms with Crippen LogP contribution in [0.25, 0.3) is 11.4 Å². The van der Waals surface area contributed by atoms with Gasteiger partial charge in [-0.1, -0.05) is 42.1 Å². The van der Waals surface area contributed by atoms with E-state index >= 15 is 0 Å². The van der Waals surface area contributed by atoms with Crippen molar-refractivity contribution >= 4 is 17.7 Å².